The molecule has 0 heterocycles. The first-order valence-corrected chi connectivity index (χ1v) is 4.46. The van der Waals surface area contributed by atoms with Gasteiger partial charge in [-0.2, -0.15) is 24.4 Å². The maximum Gasteiger partial charge on any atom is 0.0163 e. The molecular weight excluding hydrogens is 136 g/mol. The summed E-state index contributed by atoms with van der Waals surface area (Å²) in [7, 11) is 0. The van der Waals surface area contributed by atoms with Crippen molar-refractivity contribution in [1.82, 2.24) is 0 Å². The van der Waals surface area contributed by atoms with E-state index in [9.17, 15) is 0 Å². The number of rotatable bonds is 3. The number of thioether (sulfide) groups is 1. The molecule has 0 radical (unpaired) electrons. The van der Waals surface area contributed by atoms with E-state index < -0.39 is 0 Å². The first kappa shape index (κ1) is 8.70. The van der Waals surface area contributed by atoms with Gasteiger partial charge in [0.2, 0.25) is 0 Å². The van der Waals surface area contributed by atoms with Gasteiger partial charge in [-0.15, -0.1) is 0 Å². The van der Waals surface area contributed by atoms with Gasteiger partial charge in [-0.05, 0) is 5.75 Å². The highest BCUT2D eigenvalue weighted by Gasteiger charge is 2.09. The van der Waals surface area contributed by atoms with E-state index in [4.69, 9.17) is 0 Å². The SMILES string of the molecule is CCSCC(C)(C)S. The Kier molecular flexibility index (Phi) is 4.00. The van der Waals surface area contributed by atoms with Crippen molar-refractivity contribution in [2.24, 2.45) is 0 Å². The second kappa shape index (κ2) is 3.67. The summed E-state index contributed by atoms with van der Waals surface area (Å²) in [4.78, 5) is 0. The highest BCUT2D eigenvalue weighted by molar-refractivity contribution is 8.00. The predicted octanol–water partition coefficient (Wildman–Crippen LogP) is 2.45. The number of hydrogen-bond acceptors (Lipinski definition) is 2. The van der Waals surface area contributed by atoms with Gasteiger partial charge < -0.3 is 0 Å². The summed E-state index contributed by atoms with van der Waals surface area (Å²) in [5.74, 6) is 2.34. The van der Waals surface area contributed by atoms with Crippen LogP contribution >= 0.6 is 24.4 Å². The first-order chi connectivity index (χ1) is 3.56. The maximum atomic E-state index is 4.37. The van der Waals surface area contributed by atoms with Crippen LogP contribution < -0.4 is 0 Å². The molecule has 2 heteroatoms. The second-order valence-corrected chi connectivity index (χ2v) is 4.93. The van der Waals surface area contributed by atoms with Gasteiger partial charge in [0.05, 0.1) is 0 Å². The zero-order valence-electron chi connectivity index (χ0n) is 5.77. The van der Waals surface area contributed by atoms with Gasteiger partial charge in [0.15, 0.2) is 0 Å². The highest BCUT2D eigenvalue weighted by Crippen LogP contribution is 2.17. The largest absolute Gasteiger partial charge is 0.172 e. The van der Waals surface area contributed by atoms with Crippen LogP contribution in [0.4, 0.5) is 0 Å². The molecule has 0 bridgehead atoms. The molecule has 0 nitrogen and oxygen atoms in total. The van der Waals surface area contributed by atoms with E-state index >= 15 is 0 Å². The quantitative estimate of drug-likeness (QED) is 0.603. The average molecular weight is 150 g/mol. The molecule has 50 valence electrons. The Morgan fingerprint density at radius 3 is 2.12 bits per heavy atom. The Bertz CT molecular complexity index is 54.0. The normalized spacial score (nSPS) is 12.0. The molecule has 0 aromatic heterocycles. The molecule has 0 aliphatic rings. The van der Waals surface area contributed by atoms with Crippen molar-refractivity contribution in [3.8, 4) is 0 Å². The topological polar surface area (TPSA) is 0 Å². The summed E-state index contributed by atoms with van der Waals surface area (Å²) >= 11 is 6.31. The van der Waals surface area contributed by atoms with Crippen LogP contribution in [0.5, 0.6) is 0 Å². The minimum absolute atomic E-state index is 0.209. The summed E-state index contributed by atoms with van der Waals surface area (Å²) in [5.41, 5.74) is 0. The van der Waals surface area contributed by atoms with Crippen LogP contribution in [-0.4, -0.2) is 16.3 Å². The van der Waals surface area contributed by atoms with Gasteiger partial charge in [-0.25, -0.2) is 0 Å². The monoisotopic (exact) mass is 150 g/mol. The van der Waals surface area contributed by atoms with Crippen molar-refractivity contribution in [3.63, 3.8) is 0 Å². The van der Waals surface area contributed by atoms with Crippen LogP contribution in [0.25, 0.3) is 0 Å². The van der Waals surface area contributed by atoms with Crippen LogP contribution in [0.1, 0.15) is 20.8 Å². The summed E-state index contributed by atoms with van der Waals surface area (Å²) in [6, 6.07) is 0. The zero-order valence-corrected chi connectivity index (χ0v) is 7.48. The van der Waals surface area contributed by atoms with E-state index in [0.29, 0.717) is 0 Å². The molecule has 0 unspecified atom stereocenters. The van der Waals surface area contributed by atoms with Gasteiger partial charge in [-0.1, -0.05) is 20.8 Å². The molecule has 0 fully saturated rings. The lowest BCUT2D eigenvalue weighted by atomic mass is 10.2. The third-order valence-electron chi connectivity index (χ3n) is 0.659. The molecule has 0 atom stereocenters. The fourth-order valence-corrected chi connectivity index (χ4v) is 1.33. The van der Waals surface area contributed by atoms with Crippen molar-refractivity contribution in [2.75, 3.05) is 11.5 Å². The van der Waals surface area contributed by atoms with Gasteiger partial charge >= 0.3 is 0 Å². The lowest BCUT2D eigenvalue weighted by Gasteiger charge is -2.14. The lowest BCUT2D eigenvalue weighted by Crippen LogP contribution is -2.13. The van der Waals surface area contributed by atoms with Crippen molar-refractivity contribution < 1.29 is 0 Å². The predicted molar refractivity (Wildman–Crippen MR) is 46.1 cm³/mol. The molecule has 8 heavy (non-hydrogen) atoms. The van der Waals surface area contributed by atoms with E-state index in [-0.39, 0.29) is 4.75 Å². The van der Waals surface area contributed by atoms with Gasteiger partial charge in [0.1, 0.15) is 0 Å². The fourth-order valence-electron chi connectivity index (χ4n) is 0.352. The Morgan fingerprint density at radius 2 is 2.00 bits per heavy atom. The summed E-state index contributed by atoms with van der Waals surface area (Å²) in [5, 5.41) is 0. The van der Waals surface area contributed by atoms with Crippen molar-refractivity contribution in [3.05, 3.63) is 0 Å². The van der Waals surface area contributed by atoms with Gasteiger partial charge in [0, 0.05) is 10.5 Å². The van der Waals surface area contributed by atoms with E-state index in [0.717, 1.165) is 5.75 Å². The lowest BCUT2D eigenvalue weighted by molar-refractivity contribution is 0.826. The molecule has 0 amide bonds. The molecular formula is C6H14S2. The molecule has 0 aromatic carbocycles. The average Bonchev–Trinajstić information content (AvgIpc) is 1.59. The molecule has 0 aliphatic heterocycles. The molecule has 0 aromatic rings. The third-order valence-corrected chi connectivity index (χ3v) is 2.37. The zero-order chi connectivity index (χ0) is 6.62. The first-order valence-electron chi connectivity index (χ1n) is 2.86. The Balaban J connectivity index is 3.11. The van der Waals surface area contributed by atoms with Crippen molar-refractivity contribution in [2.45, 2.75) is 25.5 Å². The molecule has 0 N–H and O–H groups in total. The van der Waals surface area contributed by atoms with Crippen LogP contribution in [0.2, 0.25) is 0 Å². The Labute approximate surface area is 61.8 Å². The summed E-state index contributed by atoms with van der Waals surface area (Å²) in [6.45, 7) is 6.45. The van der Waals surface area contributed by atoms with Crippen LogP contribution in [0, 0.1) is 0 Å². The van der Waals surface area contributed by atoms with Gasteiger partial charge in [0.25, 0.3) is 0 Å². The molecule has 0 aliphatic carbocycles. The second-order valence-electron chi connectivity index (χ2n) is 2.45. The minimum atomic E-state index is 0.209. The molecule has 0 saturated carbocycles. The fraction of sp³-hybridized carbons (Fsp3) is 1.00. The standard InChI is InChI=1S/C6H14S2/c1-4-8-5-6(2,3)7/h7H,4-5H2,1-3H3. The van der Waals surface area contributed by atoms with E-state index in [2.05, 4.69) is 33.4 Å². The van der Waals surface area contributed by atoms with Crippen LogP contribution in [0.3, 0.4) is 0 Å². The minimum Gasteiger partial charge on any atom is -0.172 e. The van der Waals surface area contributed by atoms with E-state index in [1.807, 2.05) is 11.8 Å². The smallest absolute Gasteiger partial charge is 0.0163 e. The Hall–Kier alpha value is 0.700. The van der Waals surface area contributed by atoms with E-state index in [1.165, 1.54) is 5.75 Å². The third kappa shape index (κ3) is 6.70. The maximum absolute atomic E-state index is 4.37. The van der Waals surface area contributed by atoms with Crippen LogP contribution in [0.15, 0.2) is 0 Å². The van der Waals surface area contributed by atoms with E-state index in [1.54, 1.807) is 0 Å². The van der Waals surface area contributed by atoms with Crippen molar-refractivity contribution in [1.29, 1.82) is 0 Å². The van der Waals surface area contributed by atoms with Crippen LogP contribution in [-0.2, 0) is 0 Å². The highest BCUT2D eigenvalue weighted by atomic mass is 32.2. The number of hydrogen-bond donors (Lipinski definition) is 1. The van der Waals surface area contributed by atoms with Gasteiger partial charge in [-0.3, -0.25) is 0 Å². The molecule has 0 saturated heterocycles. The number of thiol groups is 1. The Morgan fingerprint density at radius 1 is 1.50 bits per heavy atom. The summed E-state index contributed by atoms with van der Waals surface area (Å²) < 4.78 is 0.209. The molecule has 0 rings (SSSR count). The summed E-state index contributed by atoms with van der Waals surface area (Å²) in [6.07, 6.45) is 0. The molecule has 0 spiro atoms. The van der Waals surface area contributed by atoms with Crippen molar-refractivity contribution >= 4 is 24.4 Å².